The average molecular weight is 376 g/mol. The van der Waals surface area contributed by atoms with E-state index in [2.05, 4.69) is 5.43 Å². The summed E-state index contributed by atoms with van der Waals surface area (Å²) in [5.41, 5.74) is 3.90. The highest BCUT2D eigenvalue weighted by Crippen LogP contribution is 2.21. The highest BCUT2D eigenvalue weighted by atomic mass is 32.2. The molecule has 0 amide bonds. The fourth-order valence-corrected chi connectivity index (χ4v) is 6.66. The smallest absolute Gasteiger partial charge is 0.151 e. The summed E-state index contributed by atoms with van der Waals surface area (Å²) in [5.74, 6) is -0.000415. The lowest BCUT2D eigenvalue weighted by molar-refractivity contribution is 0.107. The van der Waals surface area contributed by atoms with Gasteiger partial charge >= 0.3 is 0 Å². The summed E-state index contributed by atoms with van der Waals surface area (Å²) in [7, 11) is -6.11. The van der Waals surface area contributed by atoms with Crippen LogP contribution in [-0.2, 0) is 26.2 Å². The van der Waals surface area contributed by atoms with E-state index < -0.39 is 19.7 Å². The number of hydrazine groups is 1. The Hall–Kier alpha value is -1.03. The number of nitrogens with zero attached hydrogens (tertiary/aromatic N) is 1. The number of sulfone groups is 2. The largest absolute Gasteiger partial charge is 0.250 e. The van der Waals surface area contributed by atoms with Crippen LogP contribution >= 0.6 is 0 Å². The molecule has 2 fully saturated rings. The van der Waals surface area contributed by atoms with Gasteiger partial charge < -0.3 is 0 Å². The van der Waals surface area contributed by atoms with Crippen LogP contribution < -0.4 is 5.43 Å². The molecule has 0 aromatic heterocycles. The number of halogens is 1. The van der Waals surface area contributed by atoms with Gasteiger partial charge in [-0.05, 0) is 30.5 Å². The molecular formula is C15H21FN2O4S2. The zero-order chi connectivity index (χ0) is 17.4. The molecule has 9 heteroatoms. The van der Waals surface area contributed by atoms with E-state index in [9.17, 15) is 21.2 Å². The minimum Gasteiger partial charge on any atom is -0.250 e. The first-order valence-corrected chi connectivity index (χ1v) is 11.5. The van der Waals surface area contributed by atoms with Gasteiger partial charge in [-0.1, -0.05) is 12.1 Å². The predicted molar refractivity (Wildman–Crippen MR) is 89.2 cm³/mol. The fraction of sp³-hybridized carbons (Fsp3) is 0.600. The molecule has 0 bridgehead atoms. The normalized spacial score (nSPS) is 28.4. The van der Waals surface area contributed by atoms with Crippen molar-refractivity contribution in [2.24, 2.45) is 0 Å². The van der Waals surface area contributed by atoms with Crippen LogP contribution in [0.25, 0.3) is 0 Å². The Labute approximate surface area is 141 Å². The molecule has 24 heavy (non-hydrogen) atoms. The third kappa shape index (κ3) is 4.53. The first-order valence-electron chi connectivity index (χ1n) is 7.90. The monoisotopic (exact) mass is 376 g/mol. The molecule has 1 aromatic rings. The molecule has 2 atom stereocenters. The van der Waals surface area contributed by atoms with Crippen LogP contribution in [0.3, 0.4) is 0 Å². The molecule has 6 nitrogen and oxygen atoms in total. The SMILES string of the molecule is O=S1(=O)CC[C@@H](NN(Cc2cccc(F)c2)[C@@H]2CCS(=O)(=O)C2)C1. The summed E-state index contributed by atoms with van der Waals surface area (Å²) in [4.78, 5) is 0. The van der Waals surface area contributed by atoms with Gasteiger partial charge in [0.05, 0.1) is 23.0 Å². The van der Waals surface area contributed by atoms with Crippen LogP contribution in [0.2, 0.25) is 0 Å². The molecule has 0 saturated carbocycles. The summed E-state index contributed by atoms with van der Waals surface area (Å²) in [6, 6.07) is 5.67. The van der Waals surface area contributed by atoms with Crippen molar-refractivity contribution in [2.75, 3.05) is 23.0 Å². The summed E-state index contributed by atoms with van der Waals surface area (Å²) in [5, 5.41) is 1.78. The van der Waals surface area contributed by atoms with Crippen LogP contribution in [0.4, 0.5) is 4.39 Å². The number of hydrogen-bond donors (Lipinski definition) is 1. The Bertz CT molecular complexity index is 811. The van der Waals surface area contributed by atoms with Gasteiger partial charge in [0.1, 0.15) is 5.82 Å². The van der Waals surface area contributed by atoms with E-state index >= 15 is 0 Å². The molecule has 0 radical (unpaired) electrons. The van der Waals surface area contributed by atoms with Crippen LogP contribution in [-0.4, -0.2) is 56.9 Å². The summed E-state index contributed by atoms with van der Waals surface area (Å²) >= 11 is 0. The van der Waals surface area contributed by atoms with E-state index in [0.717, 1.165) is 0 Å². The summed E-state index contributed by atoms with van der Waals surface area (Å²) < 4.78 is 60.3. The predicted octanol–water partition coefficient (Wildman–Crippen LogP) is 0.507. The molecule has 2 aliphatic rings. The van der Waals surface area contributed by atoms with Gasteiger partial charge in [0.25, 0.3) is 0 Å². The highest BCUT2D eigenvalue weighted by Gasteiger charge is 2.35. The Morgan fingerprint density at radius 2 is 1.79 bits per heavy atom. The van der Waals surface area contributed by atoms with Crippen LogP contribution in [0, 0.1) is 5.82 Å². The van der Waals surface area contributed by atoms with Crippen molar-refractivity contribution >= 4 is 19.7 Å². The fourth-order valence-electron chi connectivity index (χ4n) is 3.26. The van der Waals surface area contributed by atoms with Crippen molar-refractivity contribution in [1.82, 2.24) is 10.4 Å². The van der Waals surface area contributed by atoms with Crippen molar-refractivity contribution < 1.29 is 21.2 Å². The van der Waals surface area contributed by atoms with Gasteiger partial charge in [-0.2, -0.15) is 0 Å². The van der Waals surface area contributed by atoms with Crippen molar-refractivity contribution in [1.29, 1.82) is 0 Å². The van der Waals surface area contributed by atoms with Gasteiger partial charge in [0.15, 0.2) is 19.7 Å². The van der Waals surface area contributed by atoms with Crippen molar-refractivity contribution in [2.45, 2.75) is 31.5 Å². The molecule has 2 aliphatic heterocycles. The van der Waals surface area contributed by atoms with Crippen LogP contribution in [0.1, 0.15) is 18.4 Å². The number of nitrogens with one attached hydrogen (secondary N) is 1. The van der Waals surface area contributed by atoms with E-state index in [-0.39, 0.29) is 40.9 Å². The topological polar surface area (TPSA) is 83.6 Å². The molecule has 1 N–H and O–H groups in total. The Morgan fingerprint density at radius 1 is 1.08 bits per heavy atom. The molecule has 1 aromatic carbocycles. The maximum absolute atomic E-state index is 13.4. The lowest BCUT2D eigenvalue weighted by Gasteiger charge is -2.31. The zero-order valence-corrected chi connectivity index (χ0v) is 14.8. The maximum atomic E-state index is 13.4. The van der Waals surface area contributed by atoms with E-state index in [1.54, 1.807) is 17.1 Å². The highest BCUT2D eigenvalue weighted by molar-refractivity contribution is 7.91. The lowest BCUT2D eigenvalue weighted by atomic mass is 10.1. The second-order valence-corrected chi connectivity index (χ2v) is 11.0. The molecule has 2 heterocycles. The summed E-state index contributed by atoms with van der Waals surface area (Å²) in [6.45, 7) is 0.328. The van der Waals surface area contributed by atoms with Gasteiger partial charge in [0.2, 0.25) is 0 Å². The van der Waals surface area contributed by atoms with Crippen molar-refractivity contribution in [3.8, 4) is 0 Å². The van der Waals surface area contributed by atoms with Gasteiger partial charge in [-0.15, -0.1) is 0 Å². The van der Waals surface area contributed by atoms with Gasteiger partial charge in [-0.3, -0.25) is 5.43 Å². The lowest BCUT2D eigenvalue weighted by Crippen LogP contribution is -2.50. The standard InChI is InChI=1S/C15H21FN2O4S2/c16-13-3-1-2-12(8-13)9-18(15-5-7-24(21,22)11-15)17-14-4-6-23(19,20)10-14/h1-3,8,14-15,17H,4-7,9-11H2/t14-,15-/m1/s1. The minimum absolute atomic E-state index is 0.0365. The maximum Gasteiger partial charge on any atom is 0.151 e. The second-order valence-electron chi connectivity index (χ2n) is 6.54. The third-order valence-electron chi connectivity index (χ3n) is 4.47. The van der Waals surface area contributed by atoms with Crippen LogP contribution in [0.15, 0.2) is 24.3 Å². The molecular weight excluding hydrogens is 355 g/mol. The molecule has 0 spiro atoms. The van der Waals surface area contributed by atoms with Gasteiger partial charge in [-0.25, -0.2) is 26.2 Å². The zero-order valence-electron chi connectivity index (χ0n) is 13.2. The Morgan fingerprint density at radius 3 is 2.38 bits per heavy atom. The molecule has 0 unspecified atom stereocenters. The first kappa shape index (κ1) is 17.8. The average Bonchev–Trinajstić information content (AvgIpc) is 3.00. The third-order valence-corrected chi connectivity index (χ3v) is 7.99. The van der Waals surface area contributed by atoms with Gasteiger partial charge in [0, 0.05) is 18.6 Å². The van der Waals surface area contributed by atoms with Crippen LogP contribution in [0.5, 0.6) is 0 Å². The van der Waals surface area contributed by atoms with E-state index in [1.165, 1.54) is 12.1 Å². The second kappa shape index (κ2) is 6.70. The summed E-state index contributed by atoms with van der Waals surface area (Å²) in [6.07, 6.45) is 0.992. The molecule has 2 saturated heterocycles. The quantitative estimate of drug-likeness (QED) is 0.754. The number of hydrogen-bond acceptors (Lipinski definition) is 6. The van der Waals surface area contributed by atoms with E-state index in [1.807, 2.05) is 0 Å². The molecule has 134 valence electrons. The van der Waals surface area contributed by atoms with E-state index in [4.69, 9.17) is 0 Å². The number of rotatable bonds is 5. The molecule has 3 rings (SSSR count). The van der Waals surface area contributed by atoms with E-state index in [0.29, 0.717) is 24.9 Å². The minimum atomic E-state index is -3.07. The Balaban J connectivity index is 1.76. The van der Waals surface area contributed by atoms with Crippen molar-refractivity contribution in [3.63, 3.8) is 0 Å². The molecule has 0 aliphatic carbocycles. The first-order chi connectivity index (χ1) is 11.2. The van der Waals surface area contributed by atoms with Crippen molar-refractivity contribution in [3.05, 3.63) is 35.6 Å². The number of benzene rings is 1. The Kier molecular flexibility index (Phi) is 4.96.